The van der Waals surface area contributed by atoms with Crippen molar-refractivity contribution in [1.82, 2.24) is 10.2 Å². The molecule has 166 valence electrons. The van der Waals surface area contributed by atoms with Gasteiger partial charge in [-0.25, -0.2) is 9.89 Å². The lowest BCUT2D eigenvalue weighted by Crippen LogP contribution is -2.41. The molecule has 0 bridgehead atoms. The van der Waals surface area contributed by atoms with Crippen LogP contribution in [0.15, 0.2) is 58.5 Å². The van der Waals surface area contributed by atoms with Crippen LogP contribution in [-0.2, 0) is 15.3 Å². The van der Waals surface area contributed by atoms with Gasteiger partial charge < -0.3 is 5.32 Å². The molecular formula is C24H25ClN4O2S. The number of hydrogen-bond donors (Lipinski definition) is 1. The summed E-state index contributed by atoms with van der Waals surface area (Å²) in [5.41, 5.74) is 2.68. The van der Waals surface area contributed by atoms with Crippen LogP contribution in [0.4, 0.5) is 5.69 Å². The molecule has 0 unspecified atom stereocenters. The van der Waals surface area contributed by atoms with Crippen LogP contribution in [0.5, 0.6) is 0 Å². The van der Waals surface area contributed by atoms with E-state index < -0.39 is 6.04 Å². The number of nitrogens with zero attached hydrogens (tertiary/aromatic N) is 3. The lowest BCUT2D eigenvalue weighted by Gasteiger charge is -2.25. The molecule has 8 heteroatoms. The minimum Gasteiger partial charge on any atom is -0.356 e. The van der Waals surface area contributed by atoms with Gasteiger partial charge in [0, 0.05) is 29.3 Å². The number of amides is 2. The molecule has 1 N–H and O–H groups in total. The quantitative estimate of drug-likeness (QED) is 0.558. The highest BCUT2D eigenvalue weighted by atomic mass is 35.5. The summed E-state index contributed by atoms with van der Waals surface area (Å²) in [6, 6.07) is 14.8. The van der Waals surface area contributed by atoms with Crippen molar-refractivity contribution in [3.05, 3.63) is 64.7 Å². The Balaban J connectivity index is 1.51. The Labute approximate surface area is 197 Å². The van der Waals surface area contributed by atoms with Crippen LogP contribution >= 0.6 is 23.4 Å². The lowest BCUT2D eigenvalue weighted by atomic mass is 10.1. The van der Waals surface area contributed by atoms with Crippen LogP contribution in [0.2, 0.25) is 5.02 Å². The predicted molar refractivity (Wildman–Crippen MR) is 131 cm³/mol. The largest absolute Gasteiger partial charge is 0.356 e. The Hall–Kier alpha value is -2.64. The molecule has 0 radical (unpaired) electrons. The van der Waals surface area contributed by atoms with Crippen LogP contribution in [0.3, 0.4) is 0 Å². The number of nitrogens with one attached hydrogen (secondary N) is 1. The average Bonchev–Trinajstić information content (AvgIpc) is 3.13. The molecule has 4 rings (SSSR count). The van der Waals surface area contributed by atoms with E-state index in [1.165, 1.54) is 11.8 Å². The molecule has 0 spiro atoms. The molecule has 2 aromatic carbocycles. The van der Waals surface area contributed by atoms with Gasteiger partial charge in [0.2, 0.25) is 5.91 Å². The monoisotopic (exact) mass is 468 g/mol. The molecule has 32 heavy (non-hydrogen) atoms. The summed E-state index contributed by atoms with van der Waals surface area (Å²) >= 11 is 7.59. The molecule has 0 saturated heterocycles. The van der Waals surface area contributed by atoms with E-state index in [0.717, 1.165) is 29.7 Å². The fraction of sp³-hybridized carbons (Fsp3) is 0.333. The van der Waals surface area contributed by atoms with E-state index >= 15 is 0 Å². The molecule has 0 fully saturated rings. The molecule has 2 aliphatic heterocycles. The van der Waals surface area contributed by atoms with Crippen LogP contribution in [0.25, 0.3) is 0 Å². The van der Waals surface area contributed by atoms with Gasteiger partial charge >= 0.3 is 0 Å². The van der Waals surface area contributed by atoms with Gasteiger partial charge in [0.25, 0.3) is 5.91 Å². The Morgan fingerprint density at radius 3 is 2.88 bits per heavy atom. The maximum atomic E-state index is 13.3. The third kappa shape index (κ3) is 5.05. The summed E-state index contributed by atoms with van der Waals surface area (Å²) in [6.45, 7) is 2.75. The number of unbranched alkanes of at least 4 members (excludes halogenated alkanes) is 1. The van der Waals surface area contributed by atoms with E-state index in [2.05, 4.69) is 12.2 Å². The fourth-order valence-electron chi connectivity index (χ4n) is 3.62. The maximum Gasteiger partial charge on any atom is 0.259 e. The molecule has 2 amide bonds. The van der Waals surface area contributed by atoms with Gasteiger partial charge in [-0.05, 0) is 42.7 Å². The van der Waals surface area contributed by atoms with Crippen LogP contribution < -0.4 is 5.32 Å². The number of rotatable bonds is 8. The highest BCUT2D eigenvalue weighted by Crippen LogP contribution is 2.35. The first-order valence-electron chi connectivity index (χ1n) is 10.8. The summed E-state index contributed by atoms with van der Waals surface area (Å²) in [5.74, 6) is 1.07. The van der Waals surface area contributed by atoms with Gasteiger partial charge in [-0.3, -0.25) is 14.6 Å². The van der Waals surface area contributed by atoms with Crippen molar-refractivity contribution in [2.45, 2.75) is 44.4 Å². The number of amidine groups is 2. The predicted octanol–water partition coefficient (Wildman–Crippen LogP) is 4.93. The van der Waals surface area contributed by atoms with Gasteiger partial charge in [0.05, 0.1) is 5.69 Å². The van der Waals surface area contributed by atoms with E-state index in [1.54, 1.807) is 4.90 Å². The number of hydrogen-bond acceptors (Lipinski definition) is 5. The molecule has 2 heterocycles. The van der Waals surface area contributed by atoms with E-state index in [4.69, 9.17) is 21.6 Å². The normalized spacial score (nSPS) is 16.9. The Bertz CT molecular complexity index is 1090. The number of carbonyl (C=O) groups is 2. The van der Waals surface area contributed by atoms with Crippen molar-refractivity contribution in [3.8, 4) is 0 Å². The second kappa shape index (κ2) is 10.3. The van der Waals surface area contributed by atoms with E-state index in [0.29, 0.717) is 34.7 Å². The van der Waals surface area contributed by atoms with Crippen molar-refractivity contribution in [3.63, 3.8) is 0 Å². The molecule has 0 saturated carbocycles. The lowest BCUT2D eigenvalue weighted by molar-refractivity contribution is -0.125. The van der Waals surface area contributed by atoms with E-state index in [9.17, 15) is 9.59 Å². The number of fused-ring (bicyclic) bond motifs is 3. The van der Waals surface area contributed by atoms with E-state index in [1.807, 2.05) is 48.5 Å². The molecule has 2 aromatic rings. The van der Waals surface area contributed by atoms with Crippen LogP contribution in [0.1, 0.15) is 43.7 Å². The Morgan fingerprint density at radius 2 is 2.06 bits per heavy atom. The molecule has 1 atom stereocenters. The number of carbonyl (C=O) groups excluding carboxylic acids is 2. The van der Waals surface area contributed by atoms with Crippen molar-refractivity contribution in [2.75, 3.05) is 6.54 Å². The third-order valence-corrected chi connectivity index (χ3v) is 6.55. The standard InChI is InChI=1S/C24H25ClN4O2S/c1-2-3-13-26-21(30)12-11-20-23(31)29-22(27-20)18-9-4-5-10-19(18)28-24(29)32-15-16-7-6-8-17(25)14-16/h4-10,14,20H,2-3,11-13,15H2,1H3,(H,26,30)/t20-/m0/s1. The van der Waals surface area contributed by atoms with Crippen molar-refractivity contribution >= 4 is 51.9 Å². The van der Waals surface area contributed by atoms with E-state index in [-0.39, 0.29) is 18.2 Å². The molecule has 0 aromatic heterocycles. The van der Waals surface area contributed by atoms with Crippen molar-refractivity contribution in [2.24, 2.45) is 9.98 Å². The first-order valence-corrected chi connectivity index (χ1v) is 12.2. The SMILES string of the molecule is CCCCNC(=O)CC[C@@H]1N=C2c3ccccc3N=C(SCc3cccc(Cl)c3)N2C1=O. The number of benzene rings is 2. The zero-order valence-electron chi connectivity index (χ0n) is 17.9. The van der Waals surface area contributed by atoms with Crippen molar-refractivity contribution in [1.29, 1.82) is 0 Å². The first kappa shape index (κ1) is 22.6. The van der Waals surface area contributed by atoms with Crippen LogP contribution in [-0.4, -0.2) is 40.3 Å². The smallest absolute Gasteiger partial charge is 0.259 e. The Morgan fingerprint density at radius 1 is 1.22 bits per heavy atom. The molecule has 6 nitrogen and oxygen atoms in total. The number of para-hydroxylation sites is 1. The minimum absolute atomic E-state index is 0.0408. The summed E-state index contributed by atoms with van der Waals surface area (Å²) in [5, 5.41) is 4.18. The van der Waals surface area contributed by atoms with Gasteiger partial charge in [0.1, 0.15) is 11.9 Å². The topological polar surface area (TPSA) is 74.1 Å². The summed E-state index contributed by atoms with van der Waals surface area (Å²) in [7, 11) is 0. The number of thioether (sulfide) groups is 1. The summed E-state index contributed by atoms with van der Waals surface area (Å²) in [4.78, 5) is 36.5. The van der Waals surface area contributed by atoms with Gasteiger partial charge in [0.15, 0.2) is 5.17 Å². The second-order valence-electron chi connectivity index (χ2n) is 7.71. The Kier molecular flexibility index (Phi) is 7.27. The van der Waals surface area contributed by atoms with Crippen molar-refractivity contribution < 1.29 is 9.59 Å². The zero-order chi connectivity index (χ0) is 22.5. The maximum absolute atomic E-state index is 13.3. The minimum atomic E-state index is -0.579. The van der Waals surface area contributed by atoms with Gasteiger partial charge in [-0.15, -0.1) is 0 Å². The average molecular weight is 469 g/mol. The molecule has 0 aliphatic carbocycles. The number of aliphatic imine (C=N–C) groups is 2. The fourth-order valence-corrected chi connectivity index (χ4v) is 4.78. The summed E-state index contributed by atoms with van der Waals surface area (Å²) in [6.07, 6.45) is 2.63. The third-order valence-electron chi connectivity index (χ3n) is 5.30. The molecular weight excluding hydrogens is 444 g/mol. The first-order chi connectivity index (χ1) is 15.6. The highest BCUT2D eigenvalue weighted by Gasteiger charge is 2.41. The van der Waals surface area contributed by atoms with Gasteiger partial charge in [-0.2, -0.15) is 0 Å². The van der Waals surface area contributed by atoms with Crippen LogP contribution in [0, 0.1) is 0 Å². The van der Waals surface area contributed by atoms with Gasteiger partial charge in [-0.1, -0.05) is 61.0 Å². The second-order valence-corrected chi connectivity index (χ2v) is 9.09. The highest BCUT2D eigenvalue weighted by molar-refractivity contribution is 8.13. The zero-order valence-corrected chi connectivity index (χ0v) is 19.5. The number of halogens is 1. The molecule has 2 aliphatic rings. The summed E-state index contributed by atoms with van der Waals surface area (Å²) < 4.78 is 0.